The number of esters is 1. The van der Waals surface area contributed by atoms with Crippen LogP contribution in [0.15, 0.2) is 0 Å². The summed E-state index contributed by atoms with van der Waals surface area (Å²) < 4.78 is 216. The van der Waals surface area contributed by atoms with Gasteiger partial charge in [-0.05, 0) is 18.3 Å². The standard InChI is InChI=1S/C20H22F16O2/c1-2-10-3-5-11(6-4-10)7-8-12(37)38-9-14(23,24)16(27,28)18(31,32)20(35,36)19(33,34)17(29,30)15(25,26)13(21)22/h10-11,13H,2-9H2,1H3/t10-,11-. The van der Waals surface area contributed by atoms with Crippen LogP contribution in [0.3, 0.4) is 0 Å². The summed E-state index contributed by atoms with van der Waals surface area (Å²) in [6.07, 6.45) is -3.03. The van der Waals surface area contributed by atoms with E-state index in [2.05, 4.69) is 4.74 Å². The van der Waals surface area contributed by atoms with Crippen molar-refractivity contribution >= 4 is 5.97 Å². The molecule has 0 aliphatic heterocycles. The Morgan fingerprint density at radius 3 is 1.50 bits per heavy atom. The molecule has 18 heteroatoms. The quantitative estimate of drug-likeness (QED) is 0.158. The summed E-state index contributed by atoms with van der Waals surface area (Å²) in [4.78, 5) is 11.6. The first-order valence-electron chi connectivity index (χ1n) is 10.9. The number of carbonyl (C=O) groups excluding carboxylic acids is 1. The maximum absolute atomic E-state index is 13.8. The van der Waals surface area contributed by atoms with Crippen LogP contribution in [0.2, 0.25) is 0 Å². The molecule has 226 valence electrons. The zero-order chi connectivity index (χ0) is 30.2. The highest BCUT2D eigenvalue weighted by molar-refractivity contribution is 5.69. The average Bonchev–Trinajstić information content (AvgIpc) is 2.80. The van der Waals surface area contributed by atoms with E-state index in [9.17, 15) is 75.0 Å². The molecule has 0 heterocycles. The molecule has 1 aliphatic carbocycles. The Balaban J connectivity index is 3.05. The zero-order valence-electron chi connectivity index (χ0n) is 19.3. The minimum Gasteiger partial charge on any atom is -0.459 e. The topological polar surface area (TPSA) is 26.3 Å². The van der Waals surface area contributed by atoms with Crippen molar-refractivity contribution in [2.45, 2.75) is 99.8 Å². The van der Waals surface area contributed by atoms with Gasteiger partial charge in [0.1, 0.15) is 0 Å². The molecule has 1 saturated carbocycles. The fourth-order valence-corrected chi connectivity index (χ4v) is 3.75. The molecule has 1 aliphatic rings. The lowest BCUT2D eigenvalue weighted by molar-refractivity contribution is -0.447. The molecular formula is C20H22F16O2. The van der Waals surface area contributed by atoms with Gasteiger partial charge in [-0.1, -0.05) is 39.0 Å². The van der Waals surface area contributed by atoms with E-state index in [1.54, 1.807) is 0 Å². The van der Waals surface area contributed by atoms with Crippen LogP contribution >= 0.6 is 0 Å². The fourth-order valence-electron chi connectivity index (χ4n) is 3.75. The second-order valence-electron chi connectivity index (χ2n) is 8.99. The van der Waals surface area contributed by atoms with Gasteiger partial charge < -0.3 is 4.74 Å². The van der Waals surface area contributed by atoms with Gasteiger partial charge in [-0.2, -0.15) is 61.5 Å². The van der Waals surface area contributed by atoms with E-state index in [0.29, 0.717) is 18.8 Å². The SMILES string of the molecule is CC[C@H]1CC[C@H](CCC(=O)OCC(F)(F)C(F)(F)C(F)(F)C(F)(F)C(F)(F)C(F)(F)C(F)(F)C(F)F)CC1. The van der Waals surface area contributed by atoms with Crippen LogP contribution in [0.5, 0.6) is 0 Å². The lowest BCUT2D eigenvalue weighted by Crippen LogP contribution is -2.74. The van der Waals surface area contributed by atoms with Crippen molar-refractivity contribution in [3.8, 4) is 0 Å². The normalized spacial score (nSPS) is 21.1. The third kappa shape index (κ3) is 5.77. The molecule has 38 heavy (non-hydrogen) atoms. The molecule has 0 saturated heterocycles. The van der Waals surface area contributed by atoms with Crippen molar-refractivity contribution in [3.05, 3.63) is 0 Å². The Morgan fingerprint density at radius 1 is 0.684 bits per heavy atom. The van der Waals surface area contributed by atoms with Crippen molar-refractivity contribution in [2.24, 2.45) is 11.8 Å². The summed E-state index contributed by atoms with van der Waals surface area (Å²) in [7, 11) is 0. The Kier molecular flexibility index (Phi) is 10.0. The number of ether oxygens (including phenoxy) is 1. The molecule has 0 aromatic carbocycles. The monoisotopic (exact) mass is 598 g/mol. The number of halogens is 16. The van der Waals surface area contributed by atoms with Crippen molar-refractivity contribution < 1.29 is 79.8 Å². The van der Waals surface area contributed by atoms with Gasteiger partial charge in [-0.25, -0.2) is 8.78 Å². The number of rotatable bonds is 13. The van der Waals surface area contributed by atoms with E-state index < -0.39 is 66.9 Å². The second kappa shape index (κ2) is 11.1. The molecule has 0 spiro atoms. The summed E-state index contributed by atoms with van der Waals surface area (Å²) in [5.74, 6) is -56.6. The Labute approximate surface area is 205 Å². The highest BCUT2D eigenvalue weighted by Gasteiger charge is 2.93. The van der Waals surface area contributed by atoms with Gasteiger partial charge in [0, 0.05) is 6.42 Å². The first kappa shape index (κ1) is 34.4. The third-order valence-electron chi connectivity index (χ3n) is 6.44. The van der Waals surface area contributed by atoms with Gasteiger partial charge in [0.05, 0.1) is 0 Å². The highest BCUT2D eigenvalue weighted by atomic mass is 19.4. The van der Waals surface area contributed by atoms with E-state index in [1.165, 1.54) is 0 Å². The molecular weight excluding hydrogens is 576 g/mol. The molecule has 0 radical (unpaired) electrons. The minimum atomic E-state index is -8.46. The van der Waals surface area contributed by atoms with Crippen LogP contribution in [0.4, 0.5) is 70.2 Å². The zero-order valence-corrected chi connectivity index (χ0v) is 19.3. The van der Waals surface area contributed by atoms with Gasteiger partial charge in [0.2, 0.25) is 0 Å². The van der Waals surface area contributed by atoms with Crippen molar-refractivity contribution in [3.63, 3.8) is 0 Å². The Morgan fingerprint density at radius 2 is 1.08 bits per heavy atom. The molecule has 1 rings (SSSR count). The van der Waals surface area contributed by atoms with Gasteiger partial charge in [-0.3, -0.25) is 4.79 Å². The van der Waals surface area contributed by atoms with E-state index >= 15 is 0 Å². The summed E-state index contributed by atoms with van der Waals surface area (Å²) in [6.45, 7) is -1.19. The van der Waals surface area contributed by atoms with E-state index in [4.69, 9.17) is 0 Å². The van der Waals surface area contributed by atoms with Crippen LogP contribution in [-0.4, -0.2) is 60.5 Å². The molecule has 1 fully saturated rings. The molecule has 0 aromatic rings. The third-order valence-corrected chi connectivity index (χ3v) is 6.44. The minimum absolute atomic E-state index is 0.0227. The van der Waals surface area contributed by atoms with Crippen LogP contribution in [0.1, 0.15) is 51.9 Å². The smallest absolute Gasteiger partial charge is 0.385 e. The van der Waals surface area contributed by atoms with Crippen molar-refractivity contribution in [2.75, 3.05) is 6.61 Å². The number of alkyl halides is 16. The van der Waals surface area contributed by atoms with E-state index in [-0.39, 0.29) is 12.3 Å². The summed E-state index contributed by atoms with van der Waals surface area (Å²) >= 11 is 0. The summed E-state index contributed by atoms with van der Waals surface area (Å²) in [5, 5.41) is 0. The average molecular weight is 598 g/mol. The molecule has 0 aromatic heterocycles. The van der Waals surface area contributed by atoms with Crippen LogP contribution in [-0.2, 0) is 9.53 Å². The Hall–Kier alpha value is -1.65. The molecule has 0 amide bonds. The van der Waals surface area contributed by atoms with Crippen LogP contribution < -0.4 is 0 Å². The molecule has 0 N–H and O–H groups in total. The van der Waals surface area contributed by atoms with E-state index in [0.717, 1.165) is 19.3 Å². The van der Waals surface area contributed by atoms with Gasteiger partial charge >= 0.3 is 53.9 Å². The first-order valence-corrected chi connectivity index (χ1v) is 10.9. The number of carbonyl (C=O) groups is 1. The molecule has 0 atom stereocenters. The lowest BCUT2D eigenvalue weighted by Gasteiger charge is -2.42. The summed E-state index contributed by atoms with van der Waals surface area (Å²) in [6, 6.07) is 0. The highest BCUT2D eigenvalue weighted by Crippen LogP contribution is 2.62. The van der Waals surface area contributed by atoms with Crippen LogP contribution in [0.25, 0.3) is 0 Å². The van der Waals surface area contributed by atoms with Crippen molar-refractivity contribution in [1.29, 1.82) is 0 Å². The fraction of sp³-hybridized carbons (Fsp3) is 0.950. The Bertz CT molecular complexity index is 803. The lowest BCUT2D eigenvalue weighted by atomic mass is 9.79. The summed E-state index contributed by atoms with van der Waals surface area (Å²) in [5.41, 5.74) is 0. The molecule has 0 unspecified atom stereocenters. The number of hydrogen-bond acceptors (Lipinski definition) is 2. The van der Waals surface area contributed by atoms with Gasteiger partial charge in [-0.15, -0.1) is 0 Å². The first-order chi connectivity index (χ1) is 16.8. The second-order valence-corrected chi connectivity index (χ2v) is 8.99. The number of hydrogen-bond donors (Lipinski definition) is 0. The van der Waals surface area contributed by atoms with Gasteiger partial charge in [0.15, 0.2) is 6.61 Å². The van der Waals surface area contributed by atoms with Gasteiger partial charge in [0.25, 0.3) is 0 Å². The predicted molar refractivity (Wildman–Crippen MR) is 96.6 cm³/mol. The van der Waals surface area contributed by atoms with Crippen molar-refractivity contribution in [1.82, 2.24) is 0 Å². The predicted octanol–water partition coefficient (Wildman–Crippen LogP) is 8.24. The maximum Gasteiger partial charge on any atom is 0.385 e. The molecule has 2 nitrogen and oxygen atoms in total. The van der Waals surface area contributed by atoms with E-state index in [1.807, 2.05) is 6.92 Å². The molecule has 0 bridgehead atoms. The maximum atomic E-state index is 13.8. The largest absolute Gasteiger partial charge is 0.459 e. The van der Waals surface area contributed by atoms with Crippen LogP contribution in [0, 0.1) is 11.8 Å².